The maximum Gasteiger partial charge on any atom is 0.192 e. The van der Waals surface area contributed by atoms with Gasteiger partial charge in [0.2, 0.25) is 0 Å². The number of oxazole rings is 1. The van der Waals surface area contributed by atoms with E-state index < -0.39 is 0 Å². The van der Waals surface area contributed by atoms with Crippen LogP contribution in [-0.2, 0) is 11.3 Å². The van der Waals surface area contributed by atoms with Gasteiger partial charge in [-0.15, -0.1) is 0 Å². The Balaban J connectivity index is 1.64. The third-order valence-electron chi connectivity index (χ3n) is 3.69. The number of fused-ring (bicyclic) bond motifs is 1. The second-order valence-corrected chi connectivity index (χ2v) is 6.18. The van der Waals surface area contributed by atoms with Gasteiger partial charge in [-0.3, -0.25) is 0 Å². The van der Waals surface area contributed by atoms with Crippen LogP contribution in [0.4, 0.5) is 0 Å². The zero-order valence-electron chi connectivity index (χ0n) is 12.1. The van der Waals surface area contributed by atoms with Gasteiger partial charge in [-0.05, 0) is 24.5 Å². The molecule has 0 spiro atoms. The maximum absolute atomic E-state index is 5.56. The molecule has 1 saturated heterocycles. The zero-order chi connectivity index (χ0) is 14.7. The minimum absolute atomic E-state index is 0.711. The van der Waals surface area contributed by atoms with Crippen LogP contribution in [0.3, 0.4) is 0 Å². The van der Waals surface area contributed by atoms with Crippen LogP contribution in [0.15, 0.2) is 32.7 Å². The van der Waals surface area contributed by atoms with Crippen LogP contribution in [-0.4, -0.2) is 24.7 Å². The second-order valence-electron chi connectivity index (χ2n) is 5.22. The molecule has 0 aliphatic carbocycles. The first-order valence-electron chi connectivity index (χ1n) is 7.24. The lowest BCUT2D eigenvalue weighted by atomic mass is 10.1. The third kappa shape index (κ3) is 3.54. The van der Waals surface area contributed by atoms with Crippen LogP contribution in [0.2, 0.25) is 0 Å². The Bertz CT molecular complexity index is 655. The van der Waals surface area contributed by atoms with Gasteiger partial charge in [0.1, 0.15) is 5.52 Å². The molecule has 2 heterocycles. The van der Waals surface area contributed by atoms with Crippen molar-refractivity contribution < 1.29 is 9.15 Å². The first-order chi connectivity index (χ1) is 10.2. The number of ether oxygens (including phenoxy) is 1. The molecular weight excluding hydrogens is 332 g/mol. The average Bonchev–Trinajstić information content (AvgIpc) is 2.89. The summed E-state index contributed by atoms with van der Waals surface area (Å²) in [6.07, 6.45) is 2.06. The van der Waals surface area contributed by atoms with Crippen molar-refractivity contribution >= 4 is 27.0 Å². The number of rotatable bonds is 4. The van der Waals surface area contributed by atoms with Crippen molar-refractivity contribution in [1.29, 1.82) is 0 Å². The number of aromatic nitrogens is 1. The molecule has 1 fully saturated rings. The Kier molecular flexibility index (Phi) is 4.73. The van der Waals surface area contributed by atoms with Crippen LogP contribution in [0.25, 0.3) is 11.1 Å². The minimum atomic E-state index is 0.711. The Morgan fingerprint density at radius 3 is 2.95 bits per heavy atom. The number of nitrogens with one attached hydrogen (secondary N) is 1. The normalized spacial score (nSPS) is 15.6. The van der Waals surface area contributed by atoms with Crippen molar-refractivity contribution in [2.45, 2.75) is 26.3 Å². The predicted octanol–water partition coefficient (Wildman–Crippen LogP) is 3.69. The summed E-state index contributed by atoms with van der Waals surface area (Å²) in [6, 6.07) is 6.06. The molecule has 4 nitrogen and oxygen atoms in total. The van der Waals surface area contributed by atoms with Crippen LogP contribution < -0.4 is 5.32 Å². The lowest BCUT2D eigenvalue weighted by Crippen LogP contribution is -2.17. The van der Waals surface area contributed by atoms with Gasteiger partial charge in [0.25, 0.3) is 0 Å². The number of hydrogen-bond acceptors (Lipinski definition) is 4. The monoisotopic (exact) mass is 350 g/mol. The van der Waals surface area contributed by atoms with E-state index in [0.717, 1.165) is 50.2 Å². The fraction of sp³-hybridized carbons (Fsp3) is 0.438. The van der Waals surface area contributed by atoms with Gasteiger partial charge in [0.15, 0.2) is 11.5 Å². The number of hydrogen-bond donors (Lipinski definition) is 1. The Morgan fingerprint density at radius 1 is 1.33 bits per heavy atom. The van der Waals surface area contributed by atoms with Crippen molar-refractivity contribution in [3.05, 3.63) is 39.7 Å². The molecule has 21 heavy (non-hydrogen) atoms. The Hall–Kier alpha value is -1.17. The van der Waals surface area contributed by atoms with E-state index in [1.54, 1.807) is 0 Å². The van der Waals surface area contributed by atoms with E-state index in [-0.39, 0.29) is 0 Å². The molecule has 1 aromatic heterocycles. The average molecular weight is 351 g/mol. The highest BCUT2D eigenvalue weighted by Gasteiger charge is 2.10. The zero-order valence-corrected chi connectivity index (χ0v) is 13.7. The number of benzene rings is 1. The molecule has 112 valence electrons. The quantitative estimate of drug-likeness (QED) is 0.913. The van der Waals surface area contributed by atoms with Gasteiger partial charge in [0.05, 0.1) is 13.2 Å². The Labute approximate surface area is 132 Å². The van der Waals surface area contributed by atoms with Crippen LogP contribution >= 0.6 is 15.9 Å². The predicted molar refractivity (Wildman–Crippen MR) is 86.5 cm³/mol. The summed E-state index contributed by atoms with van der Waals surface area (Å²) in [5.41, 5.74) is 4.44. The first-order valence-corrected chi connectivity index (χ1v) is 8.03. The number of nitrogens with zero attached hydrogens (tertiary/aromatic N) is 1. The smallest absolute Gasteiger partial charge is 0.192 e. The molecule has 1 aliphatic heterocycles. The van der Waals surface area contributed by atoms with Crippen molar-refractivity contribution in [3.63, 3.8) is 0 Å². The van der Waals surface area contributed by atoms with E-state index in [2.05, 4.69) is 32.3 Å². The largest absolute Gasteiger partial charge is 0.441 e. The summed E-state index contributed by atoms with van der Waals surface area (Å²) in [5, 5.41) is 3.47. The molecule has 0 unspecified atom stereocenters. The maximum atomic E-state index is 5.56. The fourth-order valence-electron chi connectivity index (χ4n) is 2.58. The summed E-state index contributed by atoms with van der Waals surface area (Å²) in [7, 11) is 0. The van der Waals surface area contributed by atoms with Gasteiger partial charge >= 0.3 is 0 Å². The summed E-state index contributed by atoms with van der Waals surface area (Å²) < 4.78 is 12.2. The van der Waals surface area contributed by atoms with Crippen molar-refractivity contribution in [2.75, 3.05) is 19.8 Å². The van der Waals surface area contributed by atoms with E-state index in [1.807, 2.05) is 19.1 Å². The first kappa shape index (κ1) is 14.8. The highest BCUT2D eigenvalue weighted by molar-refractivity contribution is 9.11. The van der Waals surface area contributed by atoms with Crippen molar-refractivity contribution in [2.24, 2.45) is 0 Å². The van der Waals surface area contributed by atoms with Gasteiger partial charge in [-0.2, -0.15) is 0 Å². The summed E-state index contributed by atoms with van der Waals surface area (Å²) in [6.45, 7) is 5.16. The molecule has 0 atom stereocenters. The highest BCUT2D eigenvalue weighted by Crippen LogP contribution is 2.22. The SMILES string of the molecule is Cc1nc2c(CNCC(Br)=C3CCOCC3)cccc2o1. The summed E-state index contributed by atoms with van der Waals surface area (Å²) in [4.78, 5) is 4.45. The van der Waals surface area contributed by atoms with E-state index in [0.29, 0.717) is 5.89 Å². The lowest BCUT2D eigenvalue weighted by molar-refractivity contribution is 0.119. The van der Waals surface area contributed by atoms with E-state index in [1.165, 1.54) is 15.6 Å². The molecule has 1 N–H and O–H groups in total. The molecule has 0 saturated carbocycles. The standard InChI is InChI=1S/C16H19BrN2O2/c1-11-19-16-13(3-2-4-15(16)21-11)9-18-10-14(17)12-5-7-20-8-6-12/h2-4,18H,5-10H2,1H3. The van der Waals surface area contributed by atoms with Crippen LogP contribution in [0.1, 0.15) is 24.3 Å². The fourth-order valence-corrected chi connectivity index (χ4v) is 3.17. The second kappa shape index (κ2) is 6.73. The summed E-state index contributed by atoms with van der Waals surface area (Å²) >= 11 is 3.69. The van der Waals surface area contributed by atoms with E-state index in [9.17, 15) is 0 Å². The van der Waals surface area contributed by atoms with Crippen molar-refractivity contribution in [3.8, 4) is 0 Å². The Morgan fingerprint density at radius 2 is 2.14 bits per heavy atom. The minimum Gasteiger partial charge on any atom is -0.441 e. The van der Waals surface area contributed by atoms with Gasteiger partial charge < -0.3 is 14.5 Å². The third-order valence-corrected chi connectivity index (χ3v) is 4.53. The van der Waals surface area contributed by atoms with E-state index in [4.69, 9.17) is 9.15 Å². The molecule has 2 aromatic rings. The number of halogens is 1. The molecule has 3 rings (SSSR count). The van der Waals surface area contributed by atoms with Crippen LogP contribution in [0, 0.1) is 6.92 Å². The molecular formula is C16H19BrN2O2. The number of para-hydroxylation sites is 1. The van der Waals surface area contributed by atoms with E-state index >= 15 is 0 Å². The van der Waals surface area contributed by atoms with Gasteiger partial charge in [-0.1, -0.05) is 33.6 Å². The van der Waals surface area contributed by atoms with Crippen molar-refractivity contribution in [1.82, 2.24) is 10.3 Å². The summed E-state index contributed by atoms with van der Waals surface area (Å²) in [5.74, 6) is 0.711. The molecule has 1 aromatic carbocycles. The number of aryl methyl sites for hydroxylation is 1. The molecule has 0 radical (unpaired) electrons. The van der Waals surface area contributed by atoms with Gasteiger partial charge in [-0.25, -0.2) is 4.98 Å². The highest BCUT2D eigenvalue weighted by atomic mass is 79.9. The van der Waals surface area contributed by atoms with Crippen LogP contribution in [0.5, 0.6) is 0 Å². The van der Waals surface area contributed by atoms with Gasteiger partial charge in [0, 0.05) is 24.5 Å². The molecule has 0 amide bonds. The molecule has 5 heteroatoms. The molecule has 0 bridgehead atoms. The lowest BCUT2D eigenvalue weighted by Gasteiger charge is -2.17. The molecule has 1 aliphatic rings. The topological polar surface area (TPSA) is 47.3 Å².